The van der Waals surface area contributed by atoms with Crippen molar-refractivity contribution in [2.75, 3.05) is 13.7 Å². The smallest absolute Gasteiger partial charge is 0.311 e. The fraction of sp³-hybridized carbons (Fsp3) is 0.182. The maximum Gasteiger partial charge on any atom is 0.311 e. The first-order chi connectivity index (χ1) is 14.0. The number of nitrogens with zero attached hydrogens (tertiary/aromatic N) is 3. The van der Waals surface area contributed by atoms with Crippen molar-refractivity contribution in [3.05, 3.63) is 99.9 Å². The highest BCUT2D eigenvalue weighted by Gasteiger charge is 2.27. The number of benzene rings is 2. The van der Waals surface area contributed by atoms with E-state index in [-0.39, 0.29) is 22.9 Å². The van der Waals surface area contributed by atoms with Crippen LogP contribution in [-0.2, 0) is 0 Å². The van der Waals surface area contributed by atoms with Gasteiger partial charge in [-0.2, -0.15) is 0 Å². The van der Waals surface area contributed by atoms with E-state index in [1.54, 1.807) is 20.2 Å². The average Bonchev–Trinajstić information content (AvgIpc) is 2.75. The molecule has 0 saturated heterocycles. The maximum absolute atomic E-state index is 13.2. The molecule has 0 saturated carbocycles. The fourth-order valence-corrected chi connectivity index (χ4v) is 3.16. The van der Waals surface area contributed by atoms with Crippen molar-refractivity contribution in [2.45, 2.75) is 13.0 Å². The van der Waals surface area contributed by atoms with E-state index in [2.05, 4.69) is 4.98 Å². The van der Waals surface area contributed by atoms with Gasteiger partial charge in [0.05, 0.1) is 23.3 Å². The number of carbonyl (C=O) groups excluding carboxylic acids is 1. The van der Waals surface area contributed by atoms with Gasteiger partial charge in [-0.25, -0.2) is 0 Å². The van der Waals surface area contributed by atoms with Crippen molar-refractivity contribution < 1.29 is 14.5 Å². The van der Waals surface area contributed by atoms with Crippen molar-refractivity contribution in [3.8, 4) is 5.75 Å². The van der Waals surface area contributed by atoms with Crippen molar-refractivity contribution in [1.29, 1.82) is 0 Å². The summed E-state index contributed by atoms with van der Waals surface area (Å²) in [6.07, 6.45) is 1.67. The third kappa shape index (κ3) is 4.40. The van der Waals surface area contributed by atoms with Crippen LogP contribution < -0.4 is 4.74 Å². The maximum atomic E-state index is 13.2. The average molecular weight is 391 g/mol. The zero-order chi connectivity index (χ0) is 20.8. The number of nitro benzene ring substituents is 1. The second-order valence-electron chi connectivity index (χ2n) is 6.36. The summed E-state index contributed by atoms with van der Waals surface area (Å²) in [6, 6.07) is 18.9. The Morgan fingerprint density at radius 2 is 1.86 bits per heavy atom. The minimum absolute atomic E-state index is 0.140. The largest absolute Gasteiger partial charge is 0.487 e. The van der Waals surface area contributed by atoms with Gasteiger partial charge in [-0.3, -0.25) is 19.9 Å². The SMILES string of the molecule is CCOc1ccc(C(=O)N(C)C(c2ccccc2)c2ccccn2)cc1[N+](=O)[O-]. The summed E-state index contributed by atoms with van der Waals surface area (Å²) < 4.78 is 5.30. The highest BCUT2D eigenvalue weighted by atomic mass is 16.6. The lowest BCUT2D eigenvalue weighted by molar-refractivity contribution is -0.385. The molecule has 1 atom stereocenters. The van der Waals surface area contributed by atoms with Crippen molar-refractivity contribution in [3.63, 3.8) is 0 Å². The van der Waals surface area contributed by atoms with Crippen LogP contribution in [0.15, 0.2) is 72.9 Å². The lowest BCUT2D eigenvalue weighted by atomic mass is 10.0. The lowest BCUT2D eigenvalue weighted by Gasteiger charge is -2.28. The zero-order valence-corrected chi connectivity index (χ0v) is 16.2. The Balaban J connectivity index is 2.00. The Kier molecular flexibility index (Phi) is 6.19. The number of hydrogen-bond acceptors (Lipinski definition) is 5. The number of hydrogen-bond donors (Lipinski definition) is 0. The van der Waals surface area contributed by atoms with E-state index in [0.717, 1.165) is 5.56 Å². The van der Waals surface area contributed by atoms with Gasteiger partial charge < -0.3 is 9.64 Å². The first-order valence-corrected chi connectivity index (χ1v) is 9.17. The van der Waals surface area contributed by atoms with Crippen LogP contribution in [0, 0.1) is 10.1 Å². The molecule has 1 aromatic heterocycles. The lowest BCUT2D eigenvalue weighted by Crippen LogP contribution is -2.32. The molecule has 29 heavy (non-hydrogen) atoms. The summed E-state index contributed by atoms with van der Waals surface area (Å²) in [5.74, 6) is -0.211. The van der Waals surface area contributed by atoms with Crippen molar-refractivity contribution >= 4 is 11.6 Å². The molecule has 1 heterocycles. The Hall–Kier alpha value is -3.74. The van der Waals surface area contributed by atoms with Crippen LogP contribution in [0.25, 0.3) is 0 Å². The van der Waals surface area contributed by atoms with Crippen LogP contribution >= 0.6 is 0 Å². The minimum atomic E-state index is -0.546. The molecule has 0 spiro atoms. The summed E-state index contributed by atoms with van der Waals surface area (Å²) in [4.78, 5) is 30.0. The first kappa shape index (κ1) is 20.0. The molecular weight excluding hydrogens is 370 g/mol. The molecule has 0 aliphatic carbocycles. The Morgan fingerprint density at radius 3 is 2.48 bits per heavy atom. The third-order valence-corrected chi connectivity index (χ3v) is 4.49. The minimum Gasteiger partial charge on any atom is -0.487 e. The molecule has 2 aromatic carbocycles. The molecule has 0 N–H and O–H groups in total. The summed E-state index contributed by atoms with van der Waals surface area (Å²) in [5.41, 5.74) is 1.57. The highest BCUT2D eigenvalue weighted by Crippen LogP contribution is 2.31. The van der Waals surface area contributed by atoms with Gasteiger partial charge >= 0.3 is 5.69 Å². The van der Waals surface area contributed by atoms with E-state index in [1.165, 1.54) is 23.1 Å². The van der Waals surface area contributed by atoms with Crippen molar-refractivity contribution in [2.24, 2.45) is 0 Å². The first-order valence-electron chi connectivity index (χ1n) is 9.17. The summed E-state index contributed by atoms with van der Waals surface area (Å²) >= 11 is 0. The number of ether oxygens (including phenoxy) is 1. The zero-order valence-electron chi connectivity index (χ0n) is 16.2. The predicted molar refractivity (Wildman–Crippen MR) is 109 cm³/mol. The molecular formula is C22H21N3O4. The normalized spacial score (nSPS) is 11.5. The number of rotatable bonds is 7. The van der Waals surface area contributed by atoms with E-state index in [4.69, 9.17) is 4.74 Å². The van der Waals surface area contributed by atoms with Gasteiger partial charge in [-0.1, -0.05) is 36.4 Å². The van der Waals surface area contributed by atoms with Crippen LogP contribution in [0.1, 0.15) is 34.6 Å². The summed E-state index contributed by atoms with van der Waals surface area (Å²) in [6.45, 7) is 2.04. The molecule has 0 aliphatic heterocycles. The topological polar surface area (TPSA) is 85.6 Å². The Labute approximate surface area is 168 Å². The Morgan fingerprint density at radius 1 is 1.14 bits per heavy atom. The van der Waals surface area contributed by atoms with E-state index in [1.807, 2.05) is 48.5 Å². The molecule has 7 heteroatoms. The highest BCUT2D eigenvalue weighted by molar-refractivity contribution is 5.95. The van der Waals surface area contributed by atoms with Crippen LogP contribution in [0.2, 0.25) is 0 Å². The van der Waals surface area contributed by atoms with Crippen LogP contribution in [-0.4, -0.2) is 34.4 Å². The van der Waals surface area contributed by atoms with Gasteiger partial charge in [0.2, 0.25) is 0 Å². The van der Waals surface area contributed by atoms with Crippen LogP contribution in [0.3, 0.4) is 0 Å². The summed E-state index contributed by atoms with van der Waals surface area (Å²) in [7, 11) is 1.66. The summed E-state index contributed by atoms with van der Waals surface area (Å²) in [5, 5.41) is 11.4. The fourth-order valence-electron chi connectivity index (χ4n) is 3.16. The van der Waals surface area contributed by atoms with Gasteiger partial charge in [0.25, 0.3) is 5.91 Å². The molecule has 1 amide bonds. The molecule has 0 fully saturated rings. The molecule has 0 bridgehead atoms. The van der Waals surface area contributed by atoms with E-state index >= 15 is 0 Å². The number of pyridine rings is 1. The molecule has 0 aliphatic rings. The van der Waals surface area contributed by atoms with Gasteiger partial charge in [0.15, 0.2) is 5.75 Å². The number of amides is 1. The quantitative estimate of drug-likeness (QED) is 0.444. The van der Waals surface area contributed by atoms with Gasteiger partial charge in [0, 0.05) is 24.9 Å². The number of nitro groups is 1. The second-order valence-corrected chi connectivity index (χ2v) is 6.36. The Bertz CT molecular complexity index is 954. The predicted octanol–water partition coefficient (Wildman–Crippen LogP) is 4.25. The van der Waals surface area contributed by atoms with Gasteiger partial charge in [-0.05, 0) is 36.8 Å². The van der Waals surface area contributed by atoms with Crippen LogP contribution in [0.4, 0.5) is 5.69 Å². The van der Waals surface area contributed by atoms with Gasteiger partial charge in [-0.15, -0.1) is 0 Å². The molecule has 3 rings (SSSR count). The van der Waals surface area contributed by atoms with E-state index in [9.17, 15) is 14.9 Å². The standard InChI is InChI=1S/C22H21N3O4/c1-3-29-20-13-12-17(15-19(20)25(27)28)22(26)24(2)21(16-9-5-4-6-10-16)18-11-7-8-14-23-18/h4-15,21H,3H2,1-2H3. The van der Waals surface area contributed by atoms with E-state index < -0.39 is 11.0 Å². The molecule has 1 unspecified atom stereocenters. The molecule has 0 radical (unpaired) electrons. The number of carbonyl (C=O) groups is 1. The van der Waals surface area contributed by atoms with Crippen molar-refractivity contribution in [1.82, 2.24) is 9.88 Å². The van der Waals surface area contributed by atoms with E-state index in [0.29, 0.717) is 12.3 Å². The number of aromatic nitrogens is 1. The van der Waals surface area contributed by atoms with Crippen LogP contribution in [0.5, 0.6) is 5.75 Å². The molecule has 148 valence electrons. The molecule has 7 nitrogen and oxygen atoms in total. The molecule has 3 aromatic rings. The van der Waals surface area contributed by atoms with Gasteiger partial charge in [0.1, 0.15) is 0 Å². The monoisotopic (exact) mass is 391 g/mol. The second kappa shape index (κ2) is 8.97. The third-order valence-electron chi connectivity index (χ3n) is 4.49.